The highest BCUT2D eigenvalue weighted by atomic mass is 35.5. The Morgan fingerprint density at radius 1 is 1.50 bits per heavy atom. The van der Waals surface area contributed by atoms with E-state index in [1.807, 2.05) is 13.8 Å². The zero-order valence-electron chi connectivity index (χ0n) is 9.70. The molecule has 16 heavy (non-hydrogen) atoms. The van der Waals surface area contributed by atoms with Crippen LogP contribution in [0.5, 0.6) is 0 Å². The molecule has 1 atom stereocenters. The van der Waals surface area contributed by atoms with Gasteiger partial charge in [-0.2, -0.15) is 0 Å². The lowest BCUT2D eigenvalue weighted by Gasteiger charge is -2.10. The van der Waals surface area contributed by atoms with Crippen molar-refractivity contribution in [3.63, 3.8) is 0 Å². The van der Waals surface area contributed by atoms with Crippen LogP contribution < -0.4 is 5.32 Å². The van der Waals surface area contributed by atoms with Gasteiger partial charge in [0.25, 0.3) is 0 Å². The van der Waals surface area contributed by atoms with Crippen LogP contribution in [0, 0.1) is 12.8 Å². The molecule has 0 fully saturated rings. The maximum atomic E-state index is 8.87. The van der Waals surface area contributed by atoms with Gasteiger partial charge >= 0.3 is 0 Å². The predicted octanol–water partition coefficient (Wildman–Crippen LogP) is 2.26. The summed E-state index contributed by atoms with van der Waals surface area (Å²) in [6.45, 7) is 5.00. The molecule has 1 unspecified atom stereocenters. The lowest BCUT2D eigenvalue weighted by atomic mass is 10.1. The number of halogens is 1. The third-order valence-corrected chi connectivity index (χ3v) is 2.88. The van der Waals surface area contributed by atoms with Gasteiger partial charge in [-0.25, -0.2) is 9.97 Å². The fraction of sp³-hybridized carbons (Fsp3) is 0.636. The quantitative estimate of drug-likeness (QED) is 0.594. The van der Waals surface area contributed by atoms with Crippen molar-refractivity contribution in [3.8, 4) is 0 Å². The summed E-state index contributed by atoms with van der Waals surface area (Å²) in [4.78, 5) is 8.01. The summed E-state index contributed by atoms with van der Waals surface area (Å²) in [6.07, 6.45) is 3.46. The van der Waals surface area contributed by atoms with Gasteiger partial charge in [0.2, 0.25) is 0 Å². The fourth-order valence-electron chi connectivity index (χ4n) is 1.36. The number of aromatic nitrogens is 2. The number of aliphatic hydroxyl groups excluding tert-OH is 1. The predicted molar refractivity (Wildman–Crippen MR) is 65.8 cm³/mol. The monoisotopic (exact) mass is 243 g/mol. The van der Waals surface area contributed by atoms with Crippen LogP contribution in [0.2, 0.25) is 5.15 Å². The van der Waals surface area contributed by atoms with Gasteiger partial charge in [0.1, 0.15) is 17.3 Å². The molecule has 0 aromatic carbocycles. The molecule has 0 spiro atoms. The largest absolute Gasteiger partial charge is 0.396 e. The number of nitrogens with zero attached hydrogens (tertiary/aromatic N) is 2. The highest BCUT2D eigenvalue weighted by Crippen LogP contribution is 2.17. The van der Waals surface area contributed by atoms with E-state index in [4.69, 9.17) is 16.7 Å². The van der Waals surface area contributed by atoms with Gasteiger partial charge < -0.3 is 10.4 Å². The van der Waals surface area contributed by atoms with Gasteiger partial charge in [-0.05, 0) is 25.7 Å². The second-order valence-electron chi connectivity index (χ2n) is 3.99. The van der Waals surface area contributed by atoms with E-state index < -0.39 is 0 Å². The topological polar surface area (TPSA) is 58.0 Å². The molecule has 1 heterocycles. The Labute approximate surface area is 101 Å². The Morgan fingerprint density at radius 3 is 2.94 bits per heavy atom. The van der Waals surface area contributed by atoms with Crippen molar-refractivity contribution in [1.82, 2.24) is 9.97 Å². The molecular formula is C11H18ClN3O. The average molecular weight is 244 g/mol. The average Bonchev–Trinajstić information content (AvgIpc) is 2.29. The standard InChI is InChI=1S/C11H18ClN3O/c1-8(6-16)4-3-5-13-11-9(2)10(12)14-7-15-11/h7-8,16H,3-6H2,1-2H3,(H,13,14,15). The SMILES string of the molecule is Cc1c(Cl)ncnc1NCCCC(C)CO. The Kier molecular flexibility index (Phi) is 5.49. The number of hydrogen-bond donors (Lipinski definition) is 2. The van der Waals surface area contributed by atoms with Crippen LogP contribution in [0.15, 0.2) is 6.33 Å². The van der Waals surface area contributed by atoms with Crippen molar-refractivity contribution in [3.05, 3.63) is 17.0 Å². The highest BCUT2D eigenvalue weighted by Gasteiger charge is 2.04. The van der Waals surface area contributed by atoms with E-state index in [1.165, 1.54) is 6.33 Å². The van der Waals surface area contributed by atoms with E-state index >= 15 is 0 Å². The van der Waals surface area contributed by atoms with E-state index in [0.29, 0.717) is 11.1 Å². The first-order chi connectivity index (χ1) is 7.65. The van der Waals surface area contributed by atoms with Crippen molar-refractivity contribution < 1.29 is 5.11 Å². The number of hydrogen-bond acceptors (Lipinski definition) is 4. The van der Waals surface area contributed by atoms with Gasteiger partial charge in [0.05, 0.1) is 0 Å². The van der Waals surface area contributed by atoms with Crippen LogP contribution >= 0.6 is 11.6 Å². The third-order valence-electron chi connectivity index (χ3n) is 2.50. The van der Waals surface area contributed by atoms with E-state index in [1.54, 1.807) is 0 Å². The van der Waals surface area contributed by atoms with Crippen molar-refractivity contribution in [2.75, 3.05) is 18.5 Å². The first-order valence-electron chi connectivity index (χ1n) is 5.47. The Bertz CT molecular complexity index is 333. The van der Waals surface area contributed by atoms with Gasteiger partial charge in [0, 0.05) is 18.7 Å². The summed E-state index contributed by atoms with van der Waals surface area (Å²) in [5.41, 5.74) is 0.874. The van der Waals surface area contributed by atoms with E-state index in [0.717, 1.165) is 30.8 Å². The molecule has 1 aromatic rings. The summed E-state index contributed by atoms with van der Waals surface area (Å²) in [5, 5.41) is 12.6. The molecule has 0 aliphatic carbocycles. The number of rotatable bonds is 6. The second-order valence-corrected chi connectivity index (χ2v) is 4.35. The van der Waals surface area contributed by atoms with Crippen LogP contribution in [-0.2, 0) is 0 Å². The van der Waals surface area contributed by atoms with Crippen LogP contribution in [0.1, 0.15) is 25.3 Å². The van der Waals surface area contributed by atoms with Crippen LogP contribution in [-0.4, -0.2) is 28.2 Å². The zero-order valence-corrected chi connectivity index (χ0v) is 10.5. The lowest BCUT2D eigenvalue weighted by Crippen LogP contribution is -2.08. The molecule has 0 aliphatic heterocycles. The molecule has 0 aliphatic rings. The smallest absolute Gasteiger partial charge is 0.137 e. The number of anilines is 1. The van der Waals surface area contributed by atoms with Crippen molar-refractivity contribution in [1.29, 1.82) is 0 Å². The Balaban J connectivity index is 2.35. The first kappa shape index (κ1) is 13.2. The zero-order chi connectivity index (χ0) is 12.0. The molecule has 0 radical (unpaired) electrons. The highest BCUT2D eigenvalue weighted by molar-refractivity contribution is 6.30. The minimum absolute atomic E-state index is 0.248. The molecule has 0 bridgehead atoms. The van der Waals surface area contributed by atoms with Crippen molar-refractivity contribution in [2.45, 2.75) is 26.7 Å². The maximum Gasteiger partial charge on any atom is 0.137 e. The Hall–Kier alpha value is -0.870. The molecule has 1 aromatic heterocycles. The normalized spacial score (nSPS) is 12.5. The summed E-state index contributed by atoms with van der Waals surface area (Å²) in [6, 6.07) is 0. The van der Waals surface area contributed by atoms with Crippen LogP contribution in [0.4, 0.5) is 5.82 Å². The van der Waals surface area contributed by atoms with Gasteiger partial charge in [-0.3, -0.25) is 0 Å². The van der Waals surface area contributed by atoms with Gasteiger partial charge in [-0.15, -0.1) is 0 Å². The minimum atomic E-state index is 0.248. The summed E-state index contributed by atoms with van der Waals surface area (Å²) in [7, 11) is 0. The van der Waals surface area contributed by atoms with Crippen molar-refractivity contribution >= 4 is 17.4 Å². The lowest BCUT2D eigenvalue weighted by molar-refractivity contribution is 0.229. The molecule has 4 nitrogen and oxygen atoms in total. The summed E-state index contributed by atoms with van der Waals surface area (Å²) < 4.78 is 0. The minimum Gasteiger partial charge on any atom is -0.396 e. The fourth-order valence-corrected chi connectivity index (χ4v) is 1.49. The summed E-state index contributed by atoms with van der Waals surface area (Å²) >= 11 is 5.88. The maximum absolute atomic E-state index is 8.87. The van der Waals surface area contributed by atoms with E-state index in [9.17, 15) is 0 Å². The van der Waals surface area contributed by atoms with Crippen LogP contribution in [0.25, 0.3) is 0 Å². The van der Waals surface area contributed by atoms with Gasteiger partial charge in [-0.1, -0.05) is 18.5 Å². The van der Waals surface area contributed by atoms with E-state index in [-0.39, 0.29) is 6.61 Å². The molecule has 0 saturated carbocycles. The molecule has 90 valence electrons. The third kappa shape index (κ3) is 3.94. The number of nitrogens with one attached hydrogen (secondary N) is 1. The van der Waals surface area contributed by atoms with Gasteiger partial charge in [0.15, 0.2) is 0 Å². The summed E-state index contributed by atoms with van der Waals surface area (Å²) in [5.74, 6) is 1.15. The van der Waals surface area contributed by atoms with E-state index in [2.05, 4.69) is 15.3 Å². The first-order valence-corrected chi connectivity index (χ1v) is 5.84. The molecule has 0 amide bonds. The molecule has 0 saturated heterocycles. The molecule has 5 heteroatoms. The number of aliphatic hydroxyl groups is 1. The second kappa shape index (κ2) is 6.66. The Morgan fingerprint density at radius 2 is 2.25 bits per heavy atom. The molecular weight excluding hydrogens is 226 g/mol. The van der Waals surface area contributed by atoms with Crippen LogP contribution in [0.3, 0.4) is 0 Å². The van der Waals surface area contributed by atoms with Crippen molar-refractivity contribution in [2.24, 2.45) is 5.92 Å². The molecule has 2 N–H and O–H groups in total. The molecule has 1 rings (SSSR count).